The van der Waals surface area contributed by atoms with Crippen molar-refractivity contribution in [2.75, 3.05) is 30.0 Å². The largest absolute Gasteiger partial charge is 0.507 e. The van der Waals surface area contributed by atoms with Crippen molar-refractivity contribution in [3.8, 4) is 5.75 Å². The van der Waals surface area contributed by atoms with Crippen LogP contribution in [0.2, 0.25) is 0 Å². The Labute approximate surface area is 212 Å². The number of hydrogen-bond donors (Lipinski definition) is 1. The number of Topliss-reactive ketones (excluding diaryl/α,β-unsaturated/α-hetero) is 1. The van der Waals surface area contributed by atoms with Gasteiger partial charge in [-0.3, -0.25) is 14.5 Å². The van der Waals surface area contributed by atoms with Crippen LogP contribution in [0.15, 0.2) is 72.3 Å². The van der Waals surface area contributed by atoms with Gasteiger partial charge < -0.3 is 14.7 Å². The third kappa shape index (κ3) is 4.47. The molecule has 6 heteroatoms. The van der Waals surface area contributed by atoms with Gasteiger partial charge in [0.25, 0.3) is 11.7 Å². The molecule has 4 rings (SSSR count). The standard InChI is InChI=1S/C30H32N2O4/c1-6-31(7-2)23-15-12-21(13-16-23)27-26(28(33)22-9-8-10-25(18-22)36-5)29(34)30(35)32(27)24-14-11-19(3)20(4)17-24/h8-18,27,33H,6-7H2,1-5H3/b28-26+. The lowest BCUT2D eigenvalue weighted by Crippen LogP contribution is -2.29. The first-order valence-electron chi connectivity index (χ1n) is 12.2. The molecule has 0 aliphatic carbocycles. The molecule has 1 atom stereocenters. The second-order valence-corrected chi connectivity index (χ2v) is 8.93. The van der Waals surface area contributed by atoms with Crippen molar-refractivity contribution >= 4 is 28.8 Å². The van der Waals surface area contributed by atoms with Crippen LogP contribution in [0.4, 0.5) is 11.4 Å². The third-order valence-electron chi connectivity index (χ3n) is 6.89. The smallest absolute Gasteiger partial charge is 0.300 e. The van der Waals surface area contributed by atoms with E-state index in [9.17, 15) is 14.7 Å². The number of aliphatic hydroxyl groups is 1. The lowest BCUT2D eigenvalue weighted by Gasteiger charge is -2.27. The van der Waals surface area contributed by atoms with E-state index in [1.807, 2.05) is 56.3 Å². The van der Waals surface area contributed by atoms with Crippen molar-refractivity contribution < 1.29 is 19.4 Å². The van der Waals surface area contributed by atoms with Crippen LogP contribution >= 0.6 is 0 Å². The third-order valence-corrected chi connectivity index (χ3v) is 6.89. The average Bonchev–Trinajstić information content (AvgIpc) is 3.16. The van der Waals surface area contributed by atoms with Crippen molar-refractivity contribution in [1.29, 1.82) is 0 Å². The van der Waals surface area contributed by atoms with Gasteiger partial charge in [0, 0.05) is 30.0 Å². The van der Waals surface area contributed by atoms with Gasteiger partial charge in [-0.2, -0.15) is 0 Å². The van der Waals surface area contributed by atoms with Crippen LogP contribution in [-0.2, 0) is 9.59 Å². The maximum absolute atomic E-state index is 13.4. The van der Waals surface area contributed by atoms with Crippen molar-refractivity contribution in [2.45, 2.75) is 33.7 Å². The van der Waals surface area contributed by atoms with Crippen LogP contribution in [0.5, 0.6) is 5.75 Å². The van der Waals surface area contributed by atoms with Gasteiger partial charge in [0.05, 0.1) is 18.7 Å². The van der Waals surface area contributed by atoms with E-state index in [4.69, 9.17) is 4.74 Å². The maximum atomic E-state index is 13.4. The molecule has 0 spiro atoms. The van der Waals surface area contributed by atoms with E-state index in [0.29, 0.717) is 17.0 Å². The summed E-state index contributed by atoms with van der Waals surface area (Å²) in [6.45, 7) is 9.90. The molecular weight excluding hydrogens is 452 g/mol. The number of benzene rings is 3. The van der Waals surface area contributed by atoms with E-state index < -0.39 is 17.7 Å². The van der Waals surface area contributed by atoms with E-state index in [1.165, 1.54) is 12.0 Å². The molecule has 0 aromatic heterocycles. The van der Waals surface area contributed by atoms with E-state index in [1.54, 1.807) is 24.3 Å². The molecule has 3 aromatic rings. The predicted molar refractivity (Wildman–Crippen MR) is 144 cm³/mol. The summed E-state index contributed by atoms with van der Waals surface area (Å²) in [4.78, 5) is 30.5. The molecule has 0 saturated carbocycles. The Balaban J connectivity index is 1.91. The first kappa shape index (κ1) is 25.0. The number of anilines is 2. The molecule has 6 nitrogen and oxygen atoms in total. The van der Waals surface area contributed by atoms with Gasteiger partial charge in [-0.15, -0.1) is 0 Å². The highest BCUT2D eigenvalue weighted by molar-refractivity contribution is 6.51. The second kappa shape index (κ2) is 10.3. The number of methoxy groups -OCH3 is 1. The van der Waals surface area contributed by atoms with Crippen molar-refractivity contribution in [1.82, 2.24) is 0 Å². The molecule has 3 aromatic carbocycles. The summed E-state index contributed by atoms with van der Waals surface area (Å²) in [5.41, 5.74) is 4.99. The molecule has 186 valence electrons. The highest BCUT2D eigenvalue weighted by Gasteiger charge is 2.47. The molecule has 0 bridgehead atoms. The average molecular weight is 485 g/mol. The Morgan fingerprint density at radius 1 is 0.944 bits per heavy atom. The highest BCUT2D eigenvalue weighted by atomic mass is 16.5. The number of ether oxygens (including phenoxy) is 1. The van der Waals surface area contributed by atoms with Crippen LogP contribution in [-0.4, -0.2) is 37.0 Å². The number of carbonyl (C=O) groups excluding carboxylic acids is 2. The number of amides is 1. The lowest BCUT2D eigenvalue weighted by molar-refractivity contribution is -0.132. The fraction of sp³-hybridized carbons (Fsp3) is 0.267. The molecule has 1 aliphatic rings. The van der Waals surface area contributed by atoms with Crippen molar-refractivity contribution in [2.24, 2.45) is 0 Å². The fourth-order valence-corrected chi connectivity index (χ4v) is 4.67. The van der Waals surface area contributed by atoms with Gasteiger partial charge in [0.2, 0.25) is 0 Å². The SMILES string of the molecule is CCN(CC)c1ccc(C2/C(=C(\O)c3cccc(OC)c3)C(=O)C(=O)N2c2ccc(C)c(C)c2)cc1. The van der Waals surface area contributed by atoms with Gasteiger partial charge in [0.15, 0.2) is 0 Å². The number of aliphatic hydroxyl groups excluding tert-OH is 1. The van der Waals surface area contributed by atoms with Gasteiger partial charge in [0.1, 0.15) is 11.5 Å². The summed E-state index contributed by atoms with van der Waals surface area (Å²) in [7, 11) is 1.54. The Morgan fingerprint density at radius 2 is 1.64 bits per heavy atom. The normalized spacial score (nSPS) is 16.9. The predicted octanol–water partition coefficient (Wildman–Crippen LogP) is 5.78. The first-order chi connectivity index (χ1) is 17.3. The summed E-state index contributed by atoms with van der Waals surface area (Å²) >= 11 is 0. The number of hydrogen-bond acceptors (Lipinski definition) is 5. The number of aryl methyl sites for hydroxylation is 2. The van der Waals surface area contributed by atoms with Crippen molar-refractivity contribution in [3.05, 3.63) is 94.6 Å². The van der Waals surface area contributed by atoms with E-state index in [-0.39, 0.29) is 11.3 Å². The molecule has 36 heavy (non-hydrogen) atoms. The van der Waals surface area contributed by atoms with Gasteiger partial charge >= 0.3 is 0 Å². The number of rotatable bonds is 7. The molecular formula is C30H32N2O4. The van der Waals surface area contributed by atoms with Crippen LogP contribution in [0.3, 0.4) is 0 Å². The van der Waals surface area contributed by atoms with E-state index >= 15 is 0 Å². The minimum atomic E-state index is -0.774. The Hall–Kier alpha value is -4.06. The Morgan fingerprint density at radius 3 is 2.25 bits per heavy atom. The first-order valence-corrected chi connectivity index (χ1v) is 12.2. The molecule has 0 radical (unpaired) electrons. The lowest BCUT2D eigenvalue weighted by atomic mass is 9.94. The van der Waals surface area contributed by atoms with E-state index in [0.717, 1.165) is 35.5 Å². The monoisotopic (exact) mass is 484 g/mol. The zero-order valence-corrected chi connectivity index (χ0v) is 21.4. The molecule has 1 amide bonds. The molecule has 1 saturated heterocycles. The van der Waals surface area contributed by atoms with E-state index in [2.05, 4.69) is 18.7 Å². The van der Waals surface area contributed by atoms with Crippen LogP contribution in [0.25, 0.3) is 5.76 Å². The summed E-state index contributed by atoms with van der Waals surface area (Å²) in [5.74, 6) is -1.06. The fourth-order valence-electron chi connectivity index (χ4n) is 4.67. The summed E-state index contributed by atoms with van der Waals surface area (Å²) in [5, 5.41) is 11.4. The zero-order chi connectivity index (χ0) is 26.0. The zero-order valence-electron chi connectivity index (χ0n) is 21.4. The molecule has 1 fully saturated rings. The number of nitrogens with zero attached hydrogens (tertiary/aromatic N) is 2. The minimum absolute atomic E-state index is 0.0575. The van der Waals surface area contributed by atoms with Gasteiger partial charge in [-0.1, -0.05) is 30.3 Å². The topological polar surface area (TPSA) is 70.1 Å². The summed E-state index contributed by atoms with van der Waals surface area (Å²) in [6, 6.07) is 19.6. The van der Waals surface area contributed by atoms with Gasteiger partial charge in [-0.05, 0) is 80.8 Å². The molecule has 1 unspecified atom stereocenters. The Kier molecular flexibility index (Phi) is 7.15. The maximum Gasteiger partial charge on any atom is 0.300 e. The molecule has 1 aliphatic heterocycles. The number of ketones is 1. The minimum Gasteiger partial charge on any atom is -0.507 e. The quantitative estimate of drug-likeness (QED) is 0.261. The summed E-state index contributed by atoms with van der Waals surface area (Å²) in [6.07, 6.45) is 0. The highest BCUT2D eigenvalue weighted by Crippen LogP contribution is 2.43. The van der Waals surface area contributed by atoms with Crippen LogP contribution in [0, 0.1) is 13.8 Å². The van der Waals surface area contributed by atoms with Crippen molar-refractivity contribution in [3.63, 3.8) is 0 Å². The molecule has 1 N–H and O–H groups in total. The van der Waals surface area contributed by atoms with Gasteiger partial charge in [-0.25, -0.2) is 0 Å². The molecule has 1 heterocycles. The Bertz CT molecular complexity index is 1320. The van der Waals surface area contributed by atoms with Crippen LogP contribution < -0.4 is 14.5 Å². The summed E-state index contributed by atoms with van der Waals surface area (Å²) < 4.78 is 5.30. The second-order valence-electron chi connectivity index (χ2n) is 8.93. The van der Waals surface area contributed by atoms with Crippen LogP contribution in [0.1, 0.15) is 42.1 Å². The number of carbonyl (C=O) groups is 2.